The van der Waals surface area contributed by atoms with Gasteiger partial charge in [0.1, 0.15) is 5.58 Å². The number of nitrogens with zero attached hydrogens (tertiary/aromatic N) is 1. The Labute approximate surface area is 183 Å². The molecule has 31 heavy (non-hydrogen) atoms. The number of para-hydroxylation sites is 1. The SMILES string of the molecule is O=S(=O)(Cc1ccc[n+]([O-])c1)c1ccc(Cl)cc1NS(=O)(=O)c1cc2ccccc2o1. The number of fused-ring (bicyclic) bond motifs is 1. The lowest BCUT2D eigenvalue weighted by Gasteiger charge is -2.12. The maximum Gasteiger partial charge on any atom is 0.295 e. The molecule has 0 unspecified atom stereocenters. The highest BCUT2D eigenvalue weighted by Crippen LogP contribution is 2.31. The van der Waals surface area contributed by atoms with Crippen LogP contribution in [0.1, 0.15) is 5.56 Å². The van der Waals surface area contributed by atoms with Crippen molar-refractivity contribution in [2.45, 2.75) is 15.7 Å². The van der Waals surface area contributed by atoms with Gasteiger partial charge in [0.2, 0.25) is 5.09 Å². The molecule has 0 bridgehead atoms. The second kappa shape index (κ2) is 7.88. The molecule has 0 aliphatic carbocycles. The molecule has 2 aromatic heterocycles. The maximum absolute atomic E-state index is 13.0. The molecule has 0 saturated heterocycles. The molecule has 11 heteroatoms. The number of hydrogen-bond acceptors (Lipinski definition) is 6. The predicted molar refractivity (Wildman–Crippen MR) is 115 cm³/mol. The van der Waals surface area contributed by atoms with Crippen LogP contribution in [-0.2, 0) is 25.6 Å². The molecule has 1 N–H and O–H groups in total. The molecule has 160 valence electrons. The van der Waals surface area contributed by atoms with Gasteiger partial charge in [0.25, 0.3) is 10.0 Å². The Bertz CT molecular complexity index is 1460. The second-order valence-corrected chi connectivity index (χ2v) is 10.7. The summed E-state index contributed by atoms with van der Waals surface area (Å²) < 4.78 is 59.9. The summed E-state index contributed by atoms with van der Waals surface area (Å²) in [6.45, 7) is 0. The molecular formula is C20H15ClN2O6S2. The Kier molecular flexibility index (Phi) is 5.38. The van der Waals surface area contributed by atoms with Crippen molar-refractivity contribution in [3.8, 4) is 0 Å². The van der Waals surface area contributed by atoms with E-state index >= 15 is 0 Å². The van der Waals surface area contributed by atoms with Crippen molar-refractivity contribution in [3.63, 3.8) is 0 Å². The van der Waals surface area contributed by atoms with Crippen LogP contribution in [0, 0.1) is 5.21 Å². The number of hydrogen-bond donors (Lipinski definition) is 1. The first-order valence-corrected chi connectivity index (χ1v) is 12.4. The van der Waals surface area contributed by atoms with E-state index in [1.807, 2.05) is 0 Å². The average molecular weight is 479 g/mol. The number of pyridine rings is 1. The lowest BCUT2D eigenvalue weighted by atomic mass is 10.3. The molecule has 2 aromatic carbocycles. The van der Waals surface area contributed by atoms with E-state index in [4.69, 9.17) is 16.0 Å². The lowest BCUT2D eigenvalue weighted by molar-refractivity contribution is -0.605. The van der Waals surface area contributed by atoms with Crippen LogP contribution >= 0.6 is 11.6 Å². The van der Waals surface area contributed by atoms with Gasteiger partial charge in [-0.1, -0.05) is 29.8 Å². The highest BCUT2D eigenvalue weighted by Gasteiger charge is 2.26. The molecule has 4 rings (SSSR count). The maximum atomic E-state index is 13.0. The van der Waals surface area contributed by atoms with Crippen molar-refractivity contribution in [1.29, 1.82) is 0 Å². The Morgan fingerprint density at radius 2 is 1.77 bits per heavy atom. The molecule has 0 amide bonds. The monoisotopic (exact) mass is 478 g/mol. The van der Waals surface area contributed by atoms with Crippen molar-refractivity contribution in [2.75, 3.05) is 4.72 Å². The van der Waals surface area contributed by atoms with E-state index in [0.717, 1.165) is 6.20 Å². The number of furan rings is 1. The van der Waals surface area contributed by atoms with Gasteiger partial charge in [0.05, 0.1) is 16.3 Å². The van der Waals surface area contributed by atoms with Gasteiger partial charge in [-0.15, -0.1) is 0 Å². The first kappa shape index (κ1) is 21.2. The van der Waals surface area contributed by atoms with Crippen molar-refractivity contribution >= 4 is 48.1 Å². The standard InChI is InChI=1S/C20H15ClN2O6S2/c21-16-7-8-19(30(25,26)13-14-4-3-9-23(24)12-14)17(11-16)22-31(27,28)20-10-15-5-1-2-6-18(15)29-20/h1-12,22H,13H2. The molecule has 0 radical (unpaired) electrons. The van der Waals surface area contributed by atoms with Gasteiger partial charge >= 0.3 is 0 Å². The average Bonchev–Trinajstić information content (AvgIpc) is 3.12. The summed E-state index contributed by atoms with van der Waals surface area (Å²) in [5, 5.41) is 11.8. The van der Waals surface area contributed by atoms with Crippen molar-refractivity contribution in [1.82, 2.24) is 0 Å². The number of sulfone groups is 1. The van der Waals surface area contributed by atoms with E-state index in [1.54, 1.807) is 24.3 Å². The van der Waals surface area contributed by atoms with Crippen LogP contribution in [-0.4, -0.2) is 16.8 Å². The fourth-order valence-electron chi connectivity index (χ4n) is 3.02. The minimum Gasteiger partial charge on any atom is -0.619 e. The Morgan fingerprint density at radius 1 is 1.00 bits per heavy atom. The summed E-state index contributed by atoms with van der Waals surface area (Å²) in [6.07, 6.45) is 2.36. The number of sulfonamides is 1. The predicted octanol–water partition coefficient (Wildman–Crippen LogP) is 3.49. The molecular weight excluding hydrogens is 464 g/mol. The molecule has 0 spiro atoms. The normalized spacial score (nSPS) is 12.2. The summed E-state index contributed by atoms with van der Waals surface area (Å²) in [5.74, 6) is -0.503. The molecule has 8 nitrogen and oxygen atoms in total. The fraction of sp³-hybridized carbons (Fsp3) is 0.0500. The van der Waals surface area contributed by atoms with Gasteiger partial charge < -0.3 is 9.62 Å². The van der Waals surface area contributed by atoms with E-state index in [0.29, 0.717) is 15.7 Å². The third-order valence-electron chi connectivity index (χ3n) is 4.38. The van der Waals surface area contributed by atoms with Crippen molar-refractivity contribution in [2.24, 2.45) is 0 Å². The Balaban J connectivity index is 1.72. The first-order valence-electron chi connectivity index (χ1n) is 8.85. The second-order valence-electron chi connectivity index (χ2n) is 6.68. The largest absolute Gasteiger partial charge is 0.619 e. The lowest BCUT2D eigenvalue weighted by Crippen LogP contribution is -2.25. The number of aromatic nitrogens is 1. The van der Waals surface area contributed by atoms with Crippen LogP contribution in [0.2, 0.25) is 5.02 Å². The fourth-order valence-corrected chi connectivity index (χ4v) is 5.78. The summed E-state index contributed by atoms with van der Waals surface area (Å²) in [7, 11) is -8.27. The molecule has 0 atom stereocenters. The zero-order chi connectivity index (χ0) is 22.2. The van der Waals surface area contributed by atoms with Gasteiger partial charge in [-0.3, -0.25) is 4.72 Å². The summed E-state index contributed by atoms with van der Waals surface area (Å²) in [6, 6.07) is 14.7. The number of anilines is 1. The van der Waals surface area contributed by atoms with E-state index in [9.17, 15) is 22.0 Å². The van der Waals surface area contributed by atoms with Crippen molar-refractivity contribution < 1.29 is 26.0 Å². The first-order chi connectivity index (χ1) is 14.6. The summed E-state index contributed by atoms with van der Waals surface area (Å²) in [5.41, 5.74) is 0.397. The van der Waals surface area contributed by atoms with Gasteiger partial charge in [0.15, 0.2) is 22.2 Å². The molecule has 2 heterocycles. The number of nitrogens with one attached hydrogen (secondary N) is 1. The van der Waals surface area contributed by atoms with Crippen LogP contribution in [0.25, 0.3) is 11.0 Å². The molecule has 0 saturated carbocycles. The molecule has 0 fully saturated rings. The van der Waals surface area contributed by atoms with E-state index in [-0.39, 0.29) is 26.3 Å². The topological polar surface area (TPSA) is 120 Å². The van der Waals surface area contributed by atoms with Crippen LogP contribution in [0.4, 0.5) is 5.69 Å². The highest BCUT2D eigenvalue weighted by molar-refractivity contribution is 7.93. The zero-order valence-electron chi connectivity index (χ0n) is 15.7. The van der Waals surface area contributed by atoms with Crippen LogP contribution in [0.3, 0.4) is 0 Å². The third-order valence-corrected chi connectivity index (χ3v) is 7.58. The van der Waals surface area contributed by atoms with Gasteiger partial charge in [-0.05, 0) is 30.3 Å². The molecule has 4 aromatic rings. The number of rotatable bonds is 6. The minimum absolute atomic E-state index is 0.137. The minimum atomic E-state index is -4.25. The highest BCUT2D eigenvalue weighted by atomic mass is 35.5. The number of benzene rings is 2. The van der Waals surface area contributed by atoms with Gasteiger partial charge in [0, 0.05) is 28.1 Å². The third kappa shape index (κ3) is 4.50. The molecule has 0 aliphatic heterocycles. The van der Waals surface area contributed by atoms with E-state index in [2.05, 4.69) is 4.72 Å². The Morgan fingerprint density at radius 3 is 2.52 bits per heavy atom. The van der Waals surface area contributed by atoms with E-state index in [1.165, 1.54) is 42.6 Å². The van der Waals surface area contributed by atoms with Gasteiger partial charge in [-0.2, -0.15) is 13.1 Å². The van der Waals surface area contributed by atoms with Crippen LogP contribution in [0.15, 0.2) is 87.5 Å². The summed E-state index contributed by atoms with van der Waals surface area (Å²) >= 11 is 5.99. The smallest absolute Gasteiger partial charge is 0.295 e. The summed E-state index contributed by atoms with van der Waals surface area (Å²) in [4.78, 5) is -0.280. The quantitative estimate of drug-likeness (QED) is 0.334. The Hall–Kier alpha value is -3.08. The number of halogens is 1. The van der Waals surface area contributed by atoms with E-state index < -0.39 is 25.6 Å². The van der Waals surface area contributed by atoms with Gasteiger partial charge in [-0.25, -0.2) is 8.42 Å². The zero-order valence-corrected chi connectivity index (χ0v) is 18.1. The van der Waals surface area contributed by atoms with Crippen LogP contribution < -0.4 is 9.45 Å². The van der Waals surface area contributed by atoms with Crippen molar-refractivity contribution in [3.05, 3.63) is 88.9 Å². The molecule has 0 aliphatic rings. The van der Waals surface area contributed by atoms with Crippen LogP contribution in [0.5, 0.6) is 0 Å².